The number of benzene rings is 2. The van der Waals surface area contributed by atoms with Gasteiger partial charge in [-0.25, -0.2) is 0 Å². The Morgan fingerprint density at radius 3 is 1.46 bits per heavy atom. The van der Waals surface area contributed by atoms with Gasteiger partial charge in [-0.2, -0.15) is 0 Å². The van der Waals surface area contributed by atoms with Crippen molar-refractivity contribution >= 4 is 0 Å². The molecule has 24 heavy (non-hydrogen) atoms. The van der Waals surface area contributed by atoms with Crippen LogP contribution in [0.5, 0.6) is 11.5 Å². The molecular formula is C20H26O4. The number of aliphatic hydroxyl groups is 2. The van der Waals surface area contributed by atoms with Crippen LogP contribution >= 0.6 is 0 Å². The molecule has 0 saturated carbocycles. The van der Waals surface area contributed by atoms with Gasteiger partial charge in [0.15, 0.2) is 0 Å². The normalized spacial score (nSPS) is 13.4. The van der Waals surface area contributed by atoms with Gasteiger partial charge in [-0.3, -0.25) is 0 Å². The van der Waals surface area contributed by atoms with E-state index in [-0.39, 0.29) is 13.2 Å². The van der Waals surface area contributed by atoms with E-state index in [2.05, 4.69) is 0 Å². The van der Waals surface area contributed by atoms with Crippen LogP contribution in [0.4, 0.5) is 0 Å². The van der Waals surface area contributed by atoms with E-state index in [0.29, 0.717) is 0 Å². The molecule has 2 rings (SSSR count). The smallest absolute Gasteiger partial charge is 0.122 e. The lowest BCUT2D eigenvalue weighted by Gasteiger charge is -2.20. The zero-order chi connectivity index (χ0) is 17.7. The van der Waals surface area contributed by atoms with Gasteiger partial charge >= 0.3 is 0 Å². The van der Waals surface area contributed by atoms with Gasteiger partial charge in [-0.05, 0) is 62.1 Å². The molecule has 4 nitrogen and oxygen atoms in total. The van der Waals surface area contributed by atoms with Crippen molar-refractivity contribution in [3.63, 3.8) is 0 Å². The maximum atomic E-state index is 10.1. The maximum absolute atomic E-state index is 10.1. The standard InChI is InChI=1S/C20H26O4/c1-13-5-7-15(3)19(9-13)23-11-17(21)18(22)12-24-20-10-14(2)6-8-16(20)4/h5-10,17-18,21-22H,11-12H2,1-4H3/t17-,18-/m1/s1. The maximum Gasteiger partial charge on any atom is 0.122 e. The molecular weight excluding hydrogens is 304 g/mol. The summed E-state index contributed by atoms with van der Waals surface area (Å²) in [6.07, 6.45) is -2.04. The van der Waals surface area contributed by atoms with E-state index in [1.165, 1.54) is 0 Å². The number of aliphatic hydroxyl groups excluding tert-OH is 2. The first-order chi connectivity index (χ1) is 11.4. The number of hydrogen-bond acceptors (Lipinski definition) is 4. The molecule has 2 N–H and O–H groups in total. The molecule has 0 bridgehead atoms. The van der Waals surface area contributed by atoms with Gasteiger partial charge in [0.2, 0.25) is 0 Å². The molecule has 0 unspecified atom stereocenters. The second-order valence-corrected chi connectivity index (χ2v) is 6.29. The van der Waals surface area contributed by atoms with Crippen molar-refractivity contribution in [3.8, 4) is 11.5 Å². The number of hydrogen-bond donors (Lipinski definition) is 2. The van der Waals surface area contributed by atoms with E-state index in [1.54, 1.807) is 0 Å². The lowest BCUT2D eigenvalue weighted by Crippen LogP contribution is -2.36. The highest BCUT2D eigenvalue weighted by Gasteiger charge is 2.19. The Balaban J connectivity index is 1.86. The summed E-state index contributed by atoms with van der Waals surface area (Å²) in [5.74, 6) is 1.44. The van der Waals surface area contributed by atoms with Crippen LogP contribution in [0.25, 0.3) is 0 Å². The molecule has 0 aliphatic carbocycles. The van der Waals surface area contributed by atoms with Crippen molar-refractivity contribution in [2.24, 2.45) is 0 Å². The predicted octanol–water partition coefficient (Wildman–Crippen LogP) is 3.10. The van der Waals surface area contributed by atoms with Crippen LogP contribution in [-0.4, -0.2) is 35.6 Å². The highest BCUT2D eigenvalue weighted by molar-refractivity contribution is 5.36. The highest BCUT2D eigenvalue weighted by atomic mass is 16.5. The van der Waals surface area contributed by atoms with E-state index in [9.17, 15) is 10.2 Å². The summed E-state index contributed by atoms with van der Waals surface area (Å²) in [6.45, 7) is 7.89. The lowest BCUT2D eigenvalue weighted by atomic mass is 10.1. The summed E-state index contributed by atoms with van der Waals surface area (Å²) < 4.78 is 11.3. The van der Waals surface area contributed by atoms with E-state index in [0.717, 1.165) is 33.8 Å². The molecule has 0 radical (unpaired) electrons. The minimum Gasteiger partial charge on any atom is -0.491 e. The molecule has 2 aromatic rings. The molecule has 0 saturated heterocycles. The molecule has 130 valence electrons. The summed E-state index contributed by atoms with van der Waals surface area (Å²) in [6, 6.07) is 11.8. The molecule has 2 aromatic carbocycles. The van der Waals surface area contributed by atoms with E-state index in [4.69, 9.17) is 9.47 Å². The molecule has 0 fully saturated rings. The minimum atomic E-state index is -1.02. The fraction of sp³-hybridized carbons (Fsp3) is 0.400. The Kier molecular flexibility index (Phi) is 6.23. The molecule has 2 atom stereocenters. The Bertz CT molecular complexity index is 622. The monoisotopic (exact) mass is 330 g/mol. The van der Waals surface area contributed by atoms with E-state index < -0.39 is 12.2 Å². The third kappa shape index (κ3) is 4.98. The van der Waals surface area contributed by atoms with Crippen molar-refractivity contribution < 1.29 is 19.7 Å². The summed E-state index contributed by atoms with van der Waals surface area (Å²) in [4.78, 5) is 0. The Labute approximate surface area is 143 Å². The molecule has 0 amide bonds. The predicted molar refractivity (Wildman–Crippen MR) is 94.8 cm³/mol. The largest absolute Gasteiger partial charge is 0.491 e. The van der Waals surface area contributed by atoms with Gasteiger partial charge in [-0.15, -0.1) is 0 Å². The molecule has 0 aromatic heterocycles. The Morgan fingerprint density at radius 2 is 1.08 bits per heavy atom. The summed E-state index contributed by atoms with van der Waals surface area (Å²) in [5, 5.41) is 20.2. The van der Waals surface area contributed by atoms with Gasteiger partial charge in [0, 0.05) is 0 Å². The summed E-state index contributed by atoms with van der Waals surface area (Å²) in [7, 11) is 0. The molecule has 0 aliphatic heterocycles. The van der Waals surface area contributed by atoms with Crippen molar-refractivity contribution in [1.29, 1.82) is 0 Å². The van der Waals surface area contributed by atoms with Crippen LogP contribution < -0.4 is 9.47 Å². The number of rotatable bonds is 7. The van der Waals surface area contributed by atoms with Gasteiger partial charge in [0.25, 0.3) is 0 Å². The number of ether oxygens (including phenoxy) is 2. The van der Waals surface area contributed by atoms with Crippen molar-refractivity contribution in [1.82, 2.24) is 0 Å². The first-order valence-electron chi connectivity index (χ1n) is 8.13. The van der Waals surface area contributed by atoms with E-state index in [1.807, 2.05) is 64.1 Å². The first-order valence-corrected chi connectivity index (χ1v) is 8.13. The van der Waals surface area contributed by atoms with Crippen LogP contribution in [0.3, 0.4) is 0 Å². The van der Waals surface area contributed by atoms with Crippen LogP contribution in [0.2, 0.25) is 0 Å². The Hall–Kier alpha value is -2.04. The third-order valence-corrected chi connectivity index (χ3v) is 3.95. The zero-order valence-corrected chi connectivity index (χ0v) is 14.7. The molecule has 4 heteroatoms. The lowest BCUT2D eigenvalue weighted by molar-refractivity contribution is -0.0290. The fourth-order valence-corrected chi connectivity index (χ4v) is 2.30. The van der Waals surface area contributed by atoms with E-state index >= 15 is 0 Å². The average molecular weight is 330 g/mol. The molecule has 0 aliphatic rings. The second kappa shape index (κ2) is 8.18. The quantitative estimate of drug-likeness (QED) is 0.819. The fourth-order valence-electron chi connectivity index (χ4n) is 2.30. The first kappa shape index (κ1) is 18.3. The Morgan fingerprint density at radius 1 is 0.708 bits per heavy atom. The topological polar surface area (TPSA) is 58.9 Å². The van der Waals surface area contributed by atoms with Crippen LogP contribution in [0.15, 0.2) is 36.4 Å². The van der Waals surface area contributed by atoms with Gasteiger partial charge in [0.1, 0.15) is 36.9 Å². The minimum absolute atomic E-state index is 0.0155. The van der Waals surface area contributed by atoms with Gasteiger partial charge in [-0.1, -0.05) is 24.3 Å². The SMILES string of the molecule is Cc1ccc(C)c(OC[C@@H](O)[C@H](O)COc2cc(C)ccc2C)c1. The molecule has 0 spiro atoms. The van der Waals surface area contributed by atoms with Crippen molar-refractivity contribution in [3.05, 3.63) is 58.7 Å². The third-order valence-electron chi connectivity index (χ3n) is 3.95. The van der Waals surface area contributed by atoms with Crippen LogP contribution in [0.1, 0.15) is 22.3 Å². The summed E-state index contributed by atoms with van der Waals surface area (Å²) >= 11 is 0. The zero-order valence-electron chi connectivity index (χ0n) is 14.7. The van der Waals surface area contributed by atoms with Crippen molar-refractivity contribution in [2.45, 2.75) is 39.9 Å². The molecule has 0 heterocycles. The summed E-state index contributed by atoms with van der Waals surface area (Å²) in [5.41, 5.74) is 4.16. The van der Waals surface area contributed by atoms with Crippen LogP contribution in [0, 0.1) is 27.7 Å². The van der Waals surface area contributed by atoms with Crippen molar-refractivity contribution in [2.75, 3.05) is 13.2 Å². The van der Waals surface area contributed by atoms with Gasteiger partial charge in [0.05, 0.1) is 0 Å². The van der Waals surface area contributed by atoms with Crippen LogP contribution in [-0.2, 0) is 0 Å². The highest BCUT2D eigenvalue weighted by Crippen LogP contribution is 2.21. The second-order valence-electron chi connectivity index (χ2n) is 6.29. The average Bonchev–Trinajstić information content (AvgIpc) is 2.55. The van der Waals surface area contributed by atoms with Gasteiger partial charge < -0.3 is 19.7 Å². The number of aryl methyl sites for hydroxylation is 4.